The number of fused-ring (bicyclic) bond motifs is 2. The molecule has 158 valence electrons. The van der Waals surface area contributed by atoms with Crippen LogP contribution in [0.2, 0.25) is 0 Å². The second-order valence-electron chi connectivity index (χ2n) is 7.99. The highest BCUT2D eigenvalue weighted by atomic mass is 16.5. The molecule has 1 aromatic carbocycles. The smallest absolute Gasteiger partial charge is 0.303 e. The first kappa shape index (κ1) is 21.5. The molecule has 0 radical (unpaired) electrons. The molecular formula is C23H32N2O4. The molecule has 0 aromatic heterocycles. The number of aliphatic carboxylic acids is 1. The molecule has 2 aliphatic heterocycles. The summed E-state index contributed by atoms with van der Waals surface area (Å²) >= 11 is 0. The number of hydrogen-bond acceptors (Lipinski definition) is 4. The fourth-order valence-electron chi connectivity index (χ4n) is 4.54. The van der Waals surface area contributed by atoms with Gasteiger partial charge in [0.1, 0.15) is 0 Å². The minimum absolute atomic E-state index is 0.0266. The van der Waals surface area contributed by atoms with Gasteiger partial charge in [-0.05, 0) is 69.0 Å². The lowest BCUT2D eigenvalue weighted by atomic mass is 9.76. The molecule has 2 fully saturated rings. The lowest BCUT2D eigenvalue weighted by molar-refractivity contribution is -0.137. The van der Waals surface area contributed by atoms with Crippen LogP contribution < -0.4 is 10.6 Å². The number of allylic oxidation sites excluding steroid dienone is 2. The van der Waals surface area contributed by atoms with E-state index in [1.54, 1.807) is 0 Å². The van der Waals surface area contributed by atoms with E-state index in [1.807, 2.05) is 30.3 Å². The van der Waals surface area contributed by atoms with Gasteiger partial charge in [0.05, 0.1) is 18.8 Å². The maximum Gasteiger partial charge on any atom is 0.303 e. The summed E-state index contributed by atoms with van der Waals surface area (Å²) in [5.41, 5.74) is 0.816. The summed E-state index contributed by atoms with van der Waals surface area (Å²) in [7, 11) is 0. The van der Waals surface area contributed by atoms with Gasteiger partial charge in [0.15, 0.2) is 0 Å². The minimum Gasteiger partial charge on any atom is -0.481 e. The van der Waals surface area contributed by atoms with Crippen molar-refractivity contribution < 1.29 is 19.4 Å². The van der Waals surface area contributed by atoms with Gasteiger partial charge in [0.2, 0.25) is 5.91 Å². The SMILES string of the molecule is O=C(O)CCCC=CC[C@@H]1[C@@H](CCNCC(=O)Nc2ccccc2)[C@@H]2CC[C@H]1O2. The van der Waals surface area contributed by atoms with E-state index < -0.39 is 5.97 Å². The lowest BCUT2D eigenvalue weighted by Gasteiger charge is -2.27. The third kappa shape index (κ3) is 6.68. The molecule has 3 N–H and O–H groups in total. The molecule has 3 rings (SSSR count). The maximum absolute atomic E-state index is 12.0. The van der Waals surface area contributed by atoms with E-state index in [9.17, 15) is 9.59 Å². The zero-order chi connectivity index (χ0) is 20.5. The van der Waals surface area contributed by atoms with Crippen LogP contribution in [0.25, 0.3) is 0 Å². The van der Waals surface area contributed by atoms with Gasteiger partial charge < -0.3 is 20.5 Å². The number of carboxylic acid groups (broad SMARTS) is 1. The van der Waals surface area contributed by atoms with Crippen LogP contribution in [0, 0.1) is 11.8 Å². The Morgan fingerprint density at radius 2 is 1.86 bits per heavy atom. The number of hydrogen-bond donors (Lipinski definition) is 3. The molecule has 2 saturated heterocycles. The average molecular weight is 401 g/mol. The fraction of sp³-hybridized carbons (Fsp3) is 0.565. The first-order chi connectivity index (χ1) is 14.1. The van der Waals surface area contributed by atoms with Gasteiger partial charge in [-0.1, -0.05) is 30.4 Å². The van der Waals surface area contributed by atoms with Crippen molar-refractivity contribution in [3.8, 4) is 0 Å². The zero-order valence-electron chi connectivity index (χ0n) is 16.9. The highest BCUT2D eigenvalue weighted by Gasteiger charge is 2.47. The van der Waals surface area contributed by atoms with E-state index in [1.165, 1.54) is 0 Å². The number of anilines is 1. The standard InChI is InChI=1S/C23H32N2O4/c26-22(25-17-8-4-3-5-9-17)16-24-15-14-19-18(20-12-13-21(19)29-20)10-6-1-2-7-11-23(27)28/h1,3-6,8-9,18-21,24H,2,7,10-16H2,(H,25,26)(H,27,28)/t18-,19-,20-,21+/m1/s1. The Labute approximate surface area is 172 Å². The number of carbonyl (C=O) groups excluding carboxylic acids is 1. The van der Waals surface area contributed by atoms with Gasteiger partial charge in [-0.3, -0.25) is 9.59 Å². The number of carboxylic acids is 1. The molecule has 0 unspecified atom stereocenters. The van der Waals surface area contributed by atoms with Crippen molar-refractivity contribution in [1.29, 1.82) is 0 Å². The van der Waals surface area contributed by atoms with Crippen molar-refractivity contribution in [2.24, 2.45) is 11.8 Å². The highest BCUT2D eigenvalue weighted by molar-refractivity contribution is 5.92. The molecule has 0 saturated carbocycles. The molecule has 1 amide bonds. The van der Waals surface area contributed by atoms with Crippen LogP contribution in [-0.2, 0) is 14.3 Å². The van der Waals surface area contributed by atoms with Crippen LogP contribution >= 0.6 is 0 Å². The highest BCUT2D eigenvalue weighted by Crippen LogP contribution is 2.46. The number of nitrogens with one attached hydrogen (secondary N) is 2. The van der Waals surface area contributed by atoms with Crippen molar-refractivity contribution in [2.45, 2.75) is 57.2 Å². The van der Waals surface area contributed by atoms with Crippen molar-refractivity contribution in [3.05, 3.63) is 42.5 Å². The molecule has 2 aliphatic rings. The molecular weight excluding hydrogens is 368 g/mol. The Hall–Kier alpha value is -2.18. The molecule has 0 spiro atoms. The summed E-state index contributed by atoms with van der Waals surface area (Å²) in [6.45, 7) is 1.11. The minimum atomic E-state index is -0.732. The number of unbranched alkanes of at least 4 members (excludes halogenated alkanes) is 1. The van der Waals surface area contributed by atoms with Crippen LogP contribution in [0.3, 0.4) is 0 Å². The van der Waals surface area contributed by atoms with E-state index >= 15 is 0 Å². The summed E-state index contributed by atoms with van der Waals surface area (Å²) in [5, 5.41) is 14.8. The first-order valence-electron chi connectivity index (χ1n) is 10.7. The number of benzene rings is 1. The van der Waals surface area contributed by atoms with Crippen LogP contribution in [0.5, 0.6) is 0 Å². The average Bonchev–Trinajstić information content (AvgIpc) is 3.30. The Morgan fingerprint density at radius 3 is 2.62 bits per heavy atom. The van der Waals surface area contributed by atoms with Gasteiger partial charge in [0.25, 0.3) is 0 Å². The molecule has 2 bridgehead atoms. The van der Waals surface area contributed by atoms with Crippen molar-refractivity contribution >= 4 is 17.6 Å². The summed E-state index contributed by atoms with van der Waals surface area (Å²) in [6.07, 6.45) is 11.0. The Balaban J connectivity index is 1.35. The Morgan fingerprint density at radius 1 is 1.10 bits per heavy atom. The maximum atomic E-state index is 12.0. The van der Waals surface area contributed by atoms with Crippen LogP contribution in [0.1, 0.15) is 44.9 Å². The Kier molecular flexibility index (Phi) is 8.25. The number of amides is 1. The lowest BCUT2D eigenvalue weighted by Crippen LogP contribution is -2.33. The number of carbonyl (C=O) groups is 2. The topological polar surface area (TPSA) is 87.7 Å². The second-order valence-corrected chi connectivity index (χ2v) is 7.99. The summed E-state index contributed by atoms with van der Waals surface area (Å²) < 4.78 is 6.15. The monoisotopic (exact) mass is 400 g/mol. The number of ether oxygens (including phenoxy) is 1. The molecule has 4 atom stereocenters. The largest absolute Gasteiger partial charge is 0.481 e. The fourth-order valence-corrected chi connectivity index (χ4v) is 4.54. The molecule has 6 nitrogen and oxygen atoms in total. The van der Waals surface area contributed by atoms with E-state index in [0.717, 1.165) is 44.3 Å². The number of para-hydroxylation sites is 1. The van der Waals surface area contributed by atoms with Crippen molar-refractivity contribution in [3.63, 3.8) is 0 Å². The van der Waals surface area contributed by atoms with E-state index in [0.29, 0.717) is 37.0 Å². The third-order valence-electron chi connectivity index (χ3n) is 5.92. The molecule has 29 heavy (non-hydrogen) atoms. The van der Waals surface area contributed by atoms with E-state index in [2.05, 4.69) is 22.8 Å². The molecule has 1 aromatic rings. The van der Waals surface area contributed by atoms with Gasteiger partial charge in [-0.15, -0.1) is 0 Å². The number of rotatable bonds is 12. The normalized spacial score (nSPS) is 25.5. The van der Waals surface area contributed by atoms with Crippen molar-refractivity contribution in [2.75, 3.05) is 18.4 Å². The second kappa shape index (κ2) is 11.1. The predicted octanol–water partition coefficient (Wildman–Crippen LogP) is 3.60. The summed E-state index contributed by atoms with van der Waals surface area (Å²) in [6, 6.07) is 9.49. The Bertz CT molecular complexity index is 691. The van der Waals surface area contributed by atoms with Gasteiger partial charge in [-0.2, -0.15) is 0 Å². The summed E-state index contributed by atoms with van der Waals surface area (Å²) in [4.78, 5) is 22.6. The van der Waals surface area contributed by atoms with Crippen molar-refractivity contribution in [1.82, 2.24) is 5.32 Å². The van der Waals surface area contributed by atoms with Gasteiger partial charge in [-0.25, -0.2) is 0 Å². The van der Waals surface area contributed by atoms with E-state index in [4.69, 9.17) is 9.84 Å². The van der Waals surface area contributed by atoms with Crippen LogP contribution in [-0.4, -0.2) is 42.3 Å². The zero-order valence-corrected chi connectivity index (χ0v) is 16.9. The summed E-state index contributed by atoms with van der Waals surface area (Å²) in [5.74, 6) is 0.303. The molecule has 0 aliphatic carbocycles. The van der Waals surface area contributed by atoms with Gasteiger partial charge >= 0.3 is 5.97 Å². The van der Waals surface area contributed by atoms with Crippen LogP contribution in [0.15, 0.2) is 42.5 Å². The third-order valence-corrected chi connectivity index (χ3v) is 5.92. The molecule has 6 heteroatoms. The quantitative estimate of drug-likeness (QED) is 0.369. The van der Waals surface area contributed by atoms with Gasteiger partial charge in [0, 0.05) is 12.1 Å². The van der Waals surface area contributed by atoms with E-state index in [-0.39, 0.29) is 12.3 Å². The predicted molar refractivity (Wildman–Crippen MR) is 113 cm³/mol. The molecule has 2 heterocycles. The van der Waals surface area contributed by atoms with Crippen LogP contribution in [0.4, 0.5) is 5.69 Å². The first-order valence-corrected chi connectivity index (χ1v) is 10.7.